The Morgan fingerprint density at radius 1 is 1.27 bits per heavy atom. The number of carbonyl (C=O) groups is 2. The summed E-state index contributed by atoms with van der Waals surface area (Å²) >= 11 is 0. The van der Waals surface area contributed by atoms with Crippen molar-refractivity contribution in [1.29, 1.82) is 0 Å². The van der Waals surface area contributed by atoms with E-state index >= 15 is 0 Å². The molecule has 0 aromatic heterocycles. The molecule has 0 radical (unpaired) electrons. The van der Waals surface area contributed by atoms with Gasteiger partial charge in [0, 0.05) is 17.9 Å². The van der Waals surface area contributed by atoms with Crippen LogP contribution in [0.25, 0.3) is 0 Å². The molecular weight excluding hydrogens is 285 g/mol. The molecular formula is C17H26FNO3. The fourth-order valence-electron chi connectivity index (χ4n) is 4.16. The lowest BCUT2D eigenvalue weighted by Crippen LogP contribution is -2.66. The van der Waals surface area contributed by atoms with E-state index in [1.807, 2.05) is 20.8 Å². The van der Waals surface area contributed by atoms with E-state index in [9.17, 15) is 14.0 Å². The first-order valence-electron chi connectivity index (χ1n) is 8.42. The molecule has 0 aromatic rings. The molecule has 4 aliphatic rings. The molecule has 124 valence electrons. The monoisotopic (exact) mass is 311 g/mol. The van der Waals surface area contributed by atoms with Crippen LogP contribution in [0, 0.1) is 17.8 Å². The van der Waals surface area contributed by atoms with Crippen LogP contribution < -0.4 is 0 Å². The lowest BCUT2D eigenvalue weighted by molar-refractivity contribution is -0.134. The fourth-order valence-corrected chi connectivity index (χ4v) is 4.16. The molecule has 2 aliphatic carbocycles. The molecule has 0 spiro atoms. The van der Waals surface area contributed by atoms with Crippen LogP contribution in [0.5, 0.6) is 0 Å². The zero-order chi connectivity index (χ0) is 16.1. The van der Waals surface area contributed by atoms with Gasteiger partial charge >= 0.3 is 6.09 Å². The van der Waals surface area contributed by atoms with Crippen LogP contribution in [-0.2, 0) is 9.53 Å². The molecule has 2 saturated heterocycles. The zero-order valence-electron chi connectivity index (χ0n) is 13.6. The summed E-state index contributed by atoms with van der Waals surface area (Å²) in [6.07, 6.45) is 3.96. The maximum Gasteiger partial charge on any atom is 0.411 e. The van der Waals surface area contributed by atoms with E-state index in [1.165, 1.54) is 12.8 Å². The van der Waals surface area contributed by atoms with Gasteiger partial charge in [-0.25, -0.2) is 9.18 Å². The zero-order valence-corrected chi connectivity index (χ0v) is 13.6. The highest BCUT2D eigenvalue weighted by Gasteiger charge is 2.56. The van der Waals surface area contributed by atoms with Gasteiger partial charge in [0.2, 0.25) is 0 Å². The maximum absolute atomic E-state index is 14.8. The average Bonchev–Trinajstić information content (AvgIpc) is 3.23. The van der Waals surface area contributed by atoms with Gasteiger partial charge in [-0.15, -0.1) is 0 Å². The van der Waals surface area contributed by atoms with Gasteiger partial charge in [-0.3, -0.25) is 4.90 Å². The van der Waals surface area contributed by atoms with Gasteiger partial charge in [-0.1, -0.05) is 12.8 Å². The van der Waals surface area contributed by atoms with Crippen molar-refractivity contribution in [2.24, 2.45) is 17.8 Å². The van der Waals surface area contributed by atoms with E-state index in [0.717, 1.165) is 19.1 Å². The van der Waals surface area contributed by atoms with Crippen LogP contribution in [-0.4, -0.2) is 41.1 Å². The Bertz CT molecular complexity index is 457. The topological polar surface area (TPSA) is 46.6 Å². The van der Waals surface area contributed by atoms with Crippen LogP contribution >= 0.6 is 0 Å². The second kappa shape index (κ2) is 5.50. The first-order chi connectivity index (χ1) is 10.3. The number of alkyl halides is 1. The van der Waals surface area contributed by atoms with E-state index in [0.29, 0.717) is 12.3 Å². The minimum absolute atomic E-state index is 0.130. The molecule has 2 bridgehead atoms. The van der Waals surface area contributed by atoms with Gasteiger partial charge < -0.3 is 9.53 Å². The van der Waals surface area contributed by atoms with Gasteiger partial charge in [0.25, 0.3) is 0 Å². The molecule has 2 saturated carbocycles. The van der Waals surface area contributed by atoms with Crippen molar-refractivity contribution in [2.45, 2.75) is 76.7 Å². The van der Waals surface area contributed by atoms with E-state index in [-0.39, 0.29) is 17.9 Å². The molecule has 4 nitrogen and oxygen atoms in total. The summed E-state index contributed by atoms with van der Waals surface area (Å²) in [5.74, 6) is 0.117. The number of nitrogens with zero attached hydrogens (tertiary/aromatic N) is 1. The quantitative estimate of drug-likeness (QED) is 0.751. The molecule has 5 atom stereocenters. The van der Waals surface area contributed by atoms with Crippen LogP contribution in [0.1, 0.15) is 52.9 Å². The lowest BCUT2D eigenvalue weighted by atomic mass is 9.66. The van der Waals surface area contributed by atoms with Crippen molar-refractivity contribution in [2.75, 3.05) is 0 Å². The van der Waals surface area contributed by atoms with E-state index in [1.54, 1.807) is 4.90 Å². The van der Waals surface area contributed by atoms with Crippen molar-refractivity contribution < 1.29 is 18.7 Å². The molecule has 2 aliphatic heterocycles. The van der Waals surface area contributed by atoms with Crippen molar-refractivity contribution in [3.8, 4) is 0 Å². The number of piperidine rings is 2. The van der Waals surface area contributed by atoms with Gasteiger partial charge in [-0.05, 0) is 46.0 Å². The highest BCUT2D eigenvalue weighted by molar-refractivity contribution is 5.75. The highest BCUT2D eigenvalue weighted by Crippen LogP contribution is 2.49. The molecule has 1 unspecified atom stereocenters. The minimum atomic E-state index is -0.965. The third-order valence-electron chi connectivity index (χ3n) is 5.27. The summed E-state index contributed by atoms with van der Waals surface area (Å²) in [6, 6.07) is -0.857. The Kier molecular flexibility index (Phi) is 3.94. The molecule has 0 aromatic carbocycles. The van der Waals surface area contributed by atoms with Gasteiger partial charge in [0.05, 0.1) is 6.04 Å². The van der Waals surface area contributed by atoms with Crippen molar-refractivity contribution in [3.05, 3.63) is 0 Å². The summed E-state index contributed by atoms with van der Waals surface area (Å²) in [5.41, 5.74) is -0.609. The number of halogens is 1. The molecule has 4 rings (SSSR count). The molecule has 5 heteroatoms. The Morgan fingerprint density at radius 3 is 2.50 bits per heavy atom. The fraction of sp³-hybridized carbons (Fsp3) is 0.882. The summed E-state index contributed by atoms with van der Waals surface area (Å²) in [7, 11) is 0. The van der Waals surface area contributed by atoms with Gasteiger partial charge in [-0.2, -0.15) is 0 Å². The van der Waals surface area contributed by atoms with Gasteiger partial charge in [0.1, 0.15) is 18.1 Å². The van der Waals surface area contributed by atoms with Crippen LogP contribution in [0.15, 0.2) is 0 Å². The number of aldehydes is 1. The summed E-state index contributed by atoms with van der Waals surface area (Å²) in [5, 5.41) is 0. The largest absolute Gasteiger partial charge is 0.444 e. The first kappa shape index (κ1) is 15.8. The number of rotatable bonds is 3. The predicted octanol–water partition coefficient (Wildman–Crippen LogP) is 3.34. The van der Waals surface area contributed by atoms with Crippen molar-refractivity contribution >= 4 is 12.4 Å². The molecule has 1 amide bonds. The molecule has 2 heterocycles. The minimum Gasteiger partial charge on any atom is -0.444 e. The third-order valence-corrected chi connectivity index (χ3v) is 5.27. The van der Waals surface area contributed by atoms with Crippen LogP contribution in [0.3, 0.4) is 0 Å². The summed E-state index contributed by atoms with van der Waals surface area (Å²) in [6.45, 7) is 5.42. The molecule has 0 N–H and O–H groups in total. The average molecular weight is 311 g/mol. The number of fused-ring (bicyclic) bond motifs is 3. The number of ether oxygens (including phenoxy) is 1. The van der Waals surface area contributed by atoms with Crippen molar-refractivity contribution in [3.63, 3.8) is 0 Å². The molecule has 22 heavy (non-hydrogen) atoms. The smallest absolute Gasteiger partial charge is 0.411 e. The highest BCUT2D eigenvalue weighted by atomic mass is 19.1. The summed E-state index contributed by atoms with van der Waals surface area (Å²) in [4.78, 5) is 25.6. The maximum atomic E-state index is 14.8. The number of carbonyl (C=O) groups excluding carboxylic acids is 2. The normalized spacial score (nSPS) is 38.0. The third kappa shape index (κ3) is 2.86. The Labute approximate surface area is 131 Å². The van der Waals surface area contributed by atoms with E-state index in [4.69, 9.17) is 4.74 Å². The summed E-state index contributed by atoms with van der Waals surface area (Å²) < 4.78 is 20.3. The number of hydrogen-bond donors (Lipinski definition) is 0. The van der Waals surface area contributed by atoms with E-state index < -0.39 is 23.9 Å². The SMILES string of the molecule is CC(C)(C)OC(=O)N1C2CC[C@H]([C@@H](F)[C@H]2CC2CC2)[C@H]1C=O. The Morgan fingerprint density at radius 2 is 1.95 bits per heavy atom. The lowest BCUT2D eigenvalue weighted by Gasteiger charge is -2.54. The molecule has 4 fully saturated rings. The first-order valence-corrected chi connectivity index (χ1v) is 8.42. The Balaban J connectivity index is 1.82. The van der Waals surface area contributed by atoms with E-state index in [2.05, 4.69) is 0 Å². The second-order valence-corrected chi connectivity index (χ2v) is 8.11. The van der Waals surface area contributed by atoms with Crippen LogP contribution in [0.2, 0.25) is 0 Å². The van der Waals surface area contributed by atoms with Crippen molar-refractivity contribution in [1.82, 2.24) is 4.90 Å². The van der Waals surface area contributed by atoms with Crippen LogP contribution in [0.4, 0.5) is 9.18 Å². The number of hydrogen-bond acceptors (Lipinski definition) is 3. The standard InChI is InChI=1S/C17H26FNO3/c1-17(2,3)22-16(21)19-13-7-6-11(14(19)9-20)15(18)12(13)8-10-4-5-10/h9-15H,4-8H2,1-3H3/t11-,12-,13?,14+,15+/m0/s1. The predicted molar refractivity (Wildman–Crippen MR) is 80.2 cm³/mol. The number of amides is 1. The van der Waals surface area contributed by atoms with Gasteiger partial charge in [0.15, 0.2) is 0 Å². The Hall–Kier alpha value is -1.13. The second-order valence-electron chi connectivity index (χ2n) is 8.11.